The van der Waals surface area contributed by atoms with Crippen LogP contribution in [0.15, 0.2) is 71.7 Å². The van der Waals surface area contributed by atoms with Crippen LogP contribution in [-0.4, -0.2) is 51.4 Å². The normalized spacial score (nSPS) is 20.8. The molecule has 1 saturated carbocycles. The maximum absolute atomic E-state index is 14.4. The van der Waals surface area contributed by atoms with Crippen LogP contribution < -0.4 is 0 Å². The van der Waals surface area contributed by atoms with E-state index in [0.717, 1.165) is 35.2 Å². The Morgan fingerprint density at radius 1 is 1.16 bits per heavy atom. The number of Topliss-reactive ketones (excluding diaryl/α,β-unsaturated/α-hetero) is 1. The number of pyridine rings is 1. The van der Waals surface area contributed by atoms with Crippen LogP contribution in [0.4, 0.5) is 17.6 Å². The van der Waals surface area contributed by atoms with Gasteiger partial charge in [0.25, 0.3) is 0 Å². The van der Waals surface area contributed by atoms with Crippen molar-refractivity contribution < 1.29 is 26.6 Å². The molecule has 4 aromatic rings. The van der Waals surface area contributed by atoms with Crippen LogP contribution >= 0.6 is 0 Å². The van der Waals surface area contributed by atoms with E-state index in [1.54, 1.807) is 40.9 Å². The van der Waals surface area contributed by atoms with Gasteiger partial charge in [0.05, 0.1) is 39.6 Å². The molecule has 13 heteroatoms. The number of benzene rings is 1. The van der Waals surface area contributed by atoms with Crippen molar-refractivity contribution in [3.63, 3.8) is 0 Å². The Balaban J connectivity index is 1.43. The minimum absolute atomic E-state index is 0.180. The van der Waals surface area contributed by atoms with E-state index in [4.69, 9.17) is 0 Å². The van der Waals surface area contributed by atoms with Gasteiger partial charge in [0.1, 0.15) is 22.5 Å². The Labute approximate surface area is 247 Å². The SMILES string of the molecule is CCN(C1CCC2=Cc3c(cnn3-c3ccc(F)cc3)CC2(C(=O)c2cc(C(F)(F)F)ccn2)C1)S(=O)c1cnn(C)c1. The Morgan fingerprint density at radius 3 is 2.60 bits per heavy atom. The number of halogens is 4. The second kappa shape index (κ2) is 10.9. The molecule has 0 spiro atoms. The molecule has 2 aliphatic carbocycles. The molecule has 0 amide bonds. The fourth-order valence-electron chi connectivity index (χ4n) is 6.23. The van der Waals surface area contributed by atoms with Crippen molar-refractivity contribution in [2.24, 2.45) is 12.5 Å². The van der Waals surface area contributed by atoms with Gasteiger partial charge in [-0.1, -0.05) is 12.5 Å². The molecule has 8 nitrogen and oxygen atoms in total. The lowest BCUT2D eigenvalue weighted by Gasteiger charge is -2.46. The van der Waals surface area contributed by atoms with Gasteiger partial charge in [-0.05, 0) is 73.7 Å². The zero-order valence-electron chi connectivity index (χ0n) is 23.4. The number of rotatable bonds is 7. The van der Waals surface area contributed by atoms with Gasteiger partial charge in [0.15, 0.2) is 5.78 Å². The van der Waals surface area contributed by atoms with E-state index < -0.39 is 33.9 Å². The molecule has 3 unspecified atom stereocenters. The lowest BCUT2D eigenvalue weighted by atomic mass is 9.60. The molecule has 2 aliphatic rings. The van der Waals surface area contributed by atoms with E-state index in [9.17, 15) is 26.6 Å². The van der Waals surface area contributed by atoms with Gasteiger partial charge in [-0.2, -0.15) is 23.4 Å². The highest BCUT2D eigenvalue weighted by Gasteiger charge is 2.51. The number of carbonyl (C=O) groups is 1. The van der Waals surface area contributed by atoms with E-state index in [0.29, 0.717) is 30.0 Å². The molecule has 0 radical (unpaired) electrons. The van der Waals surface area contributed by atoms with Crippen molar-refractivity contribution in [3.05, 3.63) is 95.1 Å². The van der Waals surface area contributed by atoms with Crippen LogP contribution in [-0.2, 0) is 30.6 Å². The van der Waals surface area contributed by atoms with Crippen molar-refractivity contribution >= 4 is 22.8 Å². The number of hydrogen-bond donors (Lipinski definition) is 0. The maximum atomic E-state index is 14.4. The summed E-state index contributed by atoms with van der Waals surface area (Å²) >= 11 is 0. The van der Waals surface area contributed by atoms with Gasteiger partial charge >= 0.3 is 6.18 Å². The number of fused-ring (bicyclic) bond motifs is 2. The number of allylic oxidation sites excluding steroid dienone is 1. The lowest BCUT2D eigenvalue weighted by Crippen LogP contribution is -2.49. The average molecular weight is 613 g/mol. The van der Waals surface area contributed by atoms with E-state index in [1.807, 2.05) is 17.3 Å². The summed E-state index contributed by atoms with van der Waals surface area (Å²) in [5.41, 5.74) is 0.400. The van der Waals surface area contributed by atoms with Crippen LogP contribution in [0.2, 0.25) is 0 Å². The van der Waals surface area contributed by atoms with E-state index >= 15 is 0 Å². The molecule has 6 rings (SSSR count). The Hall–Kier alpha value is -3.97. The van der Waals surface area contributed by atoms with Gasteiger partial charge in [-0.25, -0.2) is 17.6 Å². The Morgan fingerprint density at radius 2 is 1.93 bits per heavy atom. The molecule has 1 fully saturated rings. The number of alkyl halides is 3. The smallest absolute Gasteiger partial charge is 0.291 e. The molecule has 0 aliphatic heterocycles. The molecule has 3 atom stereocenters. The summed E-state index contributed by atoms with van der Waals surface area (Å²) in [5.74, 6) is -0.901. The number of carbonyl (C=O) groups excluding carboxylic acids is 1. The maximum Gasteiger partial charge on any atom is 0.416 e. The number of aromatic nitrogens is 5. The van der Waals surface area contributed by atoms with Gasteiger partial charge in [-0.3, -0.25) is 14.5 Å². The average Bonchev–Trinajstić information content (AvgIpc) is 3.61. The second-order valence-corrected chi connectivity index (χ2v) is 12.3. The molecule has 3 heterocycles. The first-order chi connectivity index (χ1) is 20.5. The third kappa shape index (κ3) is 5.24. The molecule has 224 valence electrons. The van der Waals surface area contributed by atoms with Gasteiger partial charge < -0.3 is 0 Å². The second-order valence-electron chi connectivity index (χ2n) is 10.9. The minimum Gasteiger partial charge on any atom is -0.291 e. The van der Waals surface area contributed by atoms with Gasteiger partial charge in [0.2, 0.25) is 0 Å². The molecular weight excluding hydrogens is 584 g/mol. The first-order valence-corrected chi connectivity index (χ1v) is 14.9. The van der Waals surface area contributed by atoms with Crippen LogP contribution in [0.5, 0.6) is 0 Å². The predicted octanol–water partition coefficient (Wildman–Crippen LogP) is 5.56. The molecule has 0 N–H and O–H groups in total. The van der Waals surface area contributed by atoms with E-state index in [1.165, 1.54) is 18.3 Å². The monoisotopic (exact) mass is 612 g/mol. The van der Waals surface area contributed by atoms with Crippen LogP contribution in [0.3, 0.4) is 0 Å². The number of nitrogens with zero attached hydrogens (tertiary/aromatic N) is 6. The lowest BCUT2D eigenvalue weighted by molar-refractivity contribution is -0.137. The summed E-state index contributed by atoms with van der Waals surface area (Å²) in [4.78, 5) is 19.0. The van der Waals surface area contributed by atoms with E-state index in [2.05, 4.69) is 15.2 Å². The van der Waals surface area contributed by atoms with Crippen LogP contribution in [0.1, 0.15) is 53.5 Å². The van der Waals surface area contributed by atoms with Gasteiger partial charge in [0, 0.05) is 32.0 Å². The van der Waals surface area contributed by atoms with Crippen molar-refractivity contribution in [2.75, 3.05) is 6.54 Å². The largest absolute Gasteiger partial charge is 0.416 e. The molecule has 0 bridgehead atoms. The summed E-state index contributed by atoms with van der Waals surface area (Å²) in [5, 5.41) is 8.65. The van der Waals surface area contributed by atoms with Crippen LogP contribution in [0, 0.1) is 11.2 Å². The highest BCUT2D eigenvalue weighted by Crippen LogP contribution is 2.51. The Kier molecular flexibility index (Phi) is 7.41. The fourth-order valence-corrected chi connectivity index (χ4v) is 7.56. The molecule has 3 aromatic heterocycles. The van der Waals surface area contributed by atoms with Crippen molar-refractivity contribution in [3.8, 4) is 5.69 Å². The van der Waals surface area contributed by atoms with Crippen molar-refractivity contribution in [1.82, 2.24) is 28.9 Å². The minimum atomic E-state index is -4.64. The van der Waals surface area contributed by atoms with Crippen LogP contribution in [0.25, 0.3) is 11.8 Å². The Bertz CT molecular complexity index is 1750. The van der Waals surface area contributed by atoms with Crippen molar-refractivity contribution in [2.45, 2.75) is 49.7 Å². The quantitative estimate of drug-likeness (QED) is 0.201. The fraction of sp³-hybridized carbons (Fsp3) is 0.333. The highest BCUT2D eigenvalue weighted by atomic mass is 32.2. The number of aryl methyl sites for hydroxylation is 1. The standard InChI is InChI=1S/C30H28F4N6O2S/c1-3-39(43(42)25-17-36-38(2)18-25)24-7-4-20-13-27-19(16-37-40(27)23-8-5-22(31)6-9-23)14-29(20,15-24)28(41)26-12-21(10-11-35-26)30(32,33)34/h5-6,8-13,16-18,24H,3-4,7,14-15H2,1-2H3. The number of hydrogen-bond acceptors (Lipinski definition) is 5. The molecule has 1 aromatic carbocycles. The first-order valence-electron chi connectivity index (χ1n) is 13.8. The molecule has 43 heavy (non-hydrogen) atoms. The summed E-state index contributed by atoms with van der Waals surface area (Å²) in [7, 11) is 0.171. The zero-order valence-corrected chi connectivity index (χ0v) is 24.2. The predicted molar refractivity (Wildman–Crippen MR) is 151 cm³/mol. The van der Waals surface area contributed by atoms with E-state index in [-0.39, 0.29) is 30.4 Å². The summed E-state index contributed by atoms with van der Waals surface area (Å²) in [6, 6.07) is 7.21. The zero-order chi connectivity index (χ0) is 30.5. The first kappa shape index (κ1) is 29.1. The number of ketones is 1. The highest BCUT2D eigenvalue weighted by molar-refractivity contribution is 7.82. The van der Waals surface area contributed by atoms with Gasteiger partial charge in [-0.15, -0.1) is 0 Å². The summed E-state index contributed by atoms with van der Waals surface area (Å²) < 4.78 is 73.2. The third-order valence-corrected chi connectivity index (χ3v) is 9.87. The third-order valence-electron chi connectivity index (χ3n) is 8.28. The molecule has 0 saturated heterocycles. The molecular formula is C30H28F4N6O2S. The summed E-state index contributed by atoms with van der Waals surface area (Å²) in [6.07, 6.45) is 4.54. The van der Waals surface area contributed by atoms with Crippen molar-refractivity contribution in [1.29, 1.82) is 0 Å². The summed E-state index contributed by atoms with van der Waals surface area (Å²) in [6.45, 7) is 2.30. The topological polar surface area (TPSA) is 85.9 Å².